The van der Waals surface area contributed by atoms with Gasteiger partial charge in [-0.15, -0.1) is 0 Å². The van der Waals surface area contributed by atoms with Crippen LogP contribution in [0.4, 0.5) is 0 Å². The first kappa shape index (κ1) is 7.87. The molecule has 0 aliphatic heterocycles. The lowest BCUT2D eigenvalue weighted by molar-refractivity contribution is 0.426. The molecule has 0 amide bonds. The number of nitrogens with one attached hydrogen (secondary N) is 1. The summed E-state index contributed by atoms with van der Waals surface area (Å²) in [4.78, 5) is 0. The van der Waals surface area contributed by atoms with Crippen LogP contribution in [0.25, 0.3) is 0 Å². The van der Waals surface area contributed by atoms with Gasteiger partial charge in [0.1, 0.15) is 5.76 Å². The Hall–Kier alpha value is -0.760. The molecule has 0 bridgehead atoms. The van der Waals surface area contributed by atoms with E-state index in [0.717, 1.165) is 18.2 Å². The van der Waals surface area contributed by atoms with Gasteiger partial charge in [0, 0.05) is 12.5 Å². The third-order valence-corrected chi connectivity index (χ3v) is 2.52. The Morgan fingerprint density at radius 1 is 1.67 bits per heavy atom. The summed E-state index contributed by atoms with van der Waals surface area (Å²) in [6.07, 6.45) is 4.50. The molecule has 1 N–H and O–H groups in total. The summed E-state index contributed by atoms with van der Waals surface area (Å²) < 4.78 is 5.41. The van der Waals surface area contributed by atoms with Crippen LogP contribution < -0.4 is 5.32 Å². The lowest BCUT2D eigenvalue weighted by Crippen LogP contribution is -2.18. The highest BCUT2D eigenvalue weighted by atomic mass is 16.3. The van der Waals surface area contributed by atoms with Gasteiger partial charge in [-0.05, 0) is 37.9 Å². The Morgan fingerprint density at radius 2 is 2.50 bits per heavy atom. The Morgan fingerprint density at radius 3 is 3.00 bits per heavy atom. The second-order valence-corrected chi connectivity index (χ2v) is 3.52. The van der Waals surface area contributed by atoms with Crippen LogP contribution in [0.2, 0.25) is 0 Å². The molecule has 66 valence electrons. The van der Waals surface area contributed by atoms with Gasteiger partial charge in [0.15, 0.2) is 0 Å². The van der Waals surface area contributed by atoms with Crippen LogP contribution in [-0.4, -0.2) is 13.6 Å². The zero-order valence-corrected chi connectivity index (χ0v) is 7.42. The second-order valence-electron chi connectivity index (χ2n) is 3.52. The van der Waals surface area contributed by atoms with Gasteiger partial charge in [0.05, 0.1) is 6.26 Å². The van der Waals surface area contributed by atoms with E-state index >= 15 is 0 Å². The molecule has 1 aliphatic carbocycles. The summed E-state index contributed by atoms with van der Waals surface area (Å²) in [7, 11) is 2.00. The first-order valence-electron chi connectivity index (χ1n) is 4.60. The molecule has 1 atom stereocenters. The standard InChI is InChI=1S/C10H15NO/c1-11-7-9(8-4-5-8)10-3-2-6-12-10/h2-3,6,8-9,11H,4-5,7H2,1H3. The number of hydrogen-bond donors (Lipinski definition) is 1. The van der Waals surface area contributed by atoms with Gasteiger partial charge in [0.25, 0.3) is 0 Å². The minimum atomic E-state index is 0.602. The van der Waals surface area contributed by atoms with Crippen molar-refractivity contribution >= 4 is 0 Å². The van der Waals surface area contributed by atoms with Crippen molar-refractivity contribution in [1.82, 2.24) is 5.32 Å². The summed E-state index contributed by atoms with van der Waals surface area (Å²) >= 11 is 0. The van der Waals surface area contributed by atoms with Crippen LogP contribution in [0.5, 0.6) is 0 Å². The van der Waals surface area contributed by atoms with E-state index in [-0.39, 0.29) is 0 Å². The first-order valence-corrected chi connectivity index (χ1v) is 4.60. The van der Waals surface area contributed by atoms with Gasteiger partial charge in [0.2, 0.25) is 0 Å². The molecule has 1 aromatic rings. The average Bonchev–Trinajstić information content (AvgIpc) is 2.77. The lowest BCUT2D eigenvalue weighted by atomic mass is 10.0. The van der Waals surface area contributed by atoms with Gasteiger partial charge < -0.3 is 9.73 Å². The molecule has 2 heteroatoms. The van der Waals surface area contributed by atoms with Crippen molar-refractivity contribution in [3.8, 4) is 0 Å². The van der Waals surface area contributed by atoms with Gasteiger partial charge in [-0.25, -0.2) is 0 Å². The molecular formula is C10H15NO. The maximum Gasteiger partial charge on any atom is 0.108 e. The molecule has 1 unspecified atom stereocenters. The number of rotatable bonds is 4. The highest BCUT2D eigenvalue weighted by Crippen LogP contribution is 2.42. The molecular weight excluding hydrogens is 150 g/mol. The molecule has 0 radical (unpaired) electrons. The molecule has 2 rings (SSSR count). The third-order valence-electron chi connectivity index (χ3n) is 2.52. The zero-order valence-electron chi connectivity index (χ0n) is 7.42. The topological polar surface area (TPSA) is 25.2 Å². The van der Waals surface area contributed by atoms with E-state index in [0.29, 0.717) is 5.92 Å². The Kier molecular flexibility index (Phi) is 2.17. The van der Waals surface area contributed by atoms with E-state index in [1.165, 1.54) is 12.8 Å². The summed E-state index contributed by atoms with van der Waals surface area (Å²) in [5, 5.41) is 3.22. The zero-order chi connectivity index (χ0) is 8.39. The number of likely N-dealkylation sites (N-methyl/N-ethyl adjacent to an activating group) is 1. The van der Waals surface area contributed by atoms with Crippen molar-refractivity contribution in [3.05, 3.63) is 24.2 Å². The van der Waals surface area contributed by atoms with Crippen molar-refractivity contribution in [1.29, 1.82) is 0 Å². The molecule has 0 saturated heterocycles. The fraction of sp³-hybridized carbons (Fsp3) is 0.600. The van der Waals surface area contributed by atoms with E-state index in [2.05, 4.69) is 11.4 Å². The Labute approximate surface area is 73.0 Å². The summed E-state index contributed by atoms with van der Waals surface area (Å²) in [5.74, 6) is 2.61. The van der Waals surface area contributed by atoms with Crippen molar-refractivity contribution < 1.29 is 4.42 Å². The van der Waals surface area contributed by atoms with Crippen LogP contribution in [0, 0.1) is 5.92 Å². The maximum absolute atomic E-state index is 5.41. The van der Waals surface area contributed by atoms with Crippen LogP contribution in [0.15, 0.2) is 22.8 Å². The van der Waals surface area contributed by atoms with Crippen molar-refractivity contribution in [2.75, 3.05) is 13.6 Å². The molecule has 2 nitrogen and oxygen atoms in total. The van der Waals surface area contributed by atoms with Gasteiger partial charge >= 0.3 is 0 Å². The summed E-state index contributed by atoms with van der Waals surface area (Å²) in [5.41, 5.74) is 0. The molecule has 1 saturated carbocycles. The van der Waals surface area contributed by atoms with E-state index in [1.807, 2.05) is 13.1 Å². The minimum absolute atomic E-state index is 0.602. The largest absolute Gasteiger partial charge is 0.469 e. The van der Waals surface area contributed by atoms with E-state index in [1.54, 1.807) is 6.26 Å². The fourth-order valence-corrected chi connectivity index (χ4v) is 1.72. The summed E-state index contributed by atoms with van der Waals surface area (Å²) in [6.45, 7) is 1.04. The average molecular weight is 165 g/mol. The van der Waals surface area contributed by atoms with Crippen LogP contribution >= 0.6 is 0 Å². The molecule has 1 fully saturated rings. The molecule has 0 spiro atoms. The van der Waals surface area contributed by atoms with Crippen LogP contribution in [0.3, 0.4) is 0 Å². The Bertz CT molecular complexity index is 226. The first-order chi connectivity index (χ1) is 5.92. The Balaban J connectivity index is 2.05. The van der Waals surface area contributed by atoms with Crippen LogP contribution in [-0.2, 0) is 0 Å². The number of hydrogen-bond acceptors (Lipinski definition) is 2. The van der Waals surface area contributed by atoms with Crippen molar-refractivity contribution in [2.45, 2.75) is 18.8 Å². The molecule has 12 heavy (non-hydrogen) atoms. The minimum Gasteiger partial charge on any atom is -0.469 e. The molecule has 1 aromatic heterocycles. The van der Waals surface area contributed by atoms with Gasteiger partial charge in [-0.2, -0.15) is 0 Å². The van der Waals surface area contributed by atoms with Gasteiger partial charge in [-0.3, -0.25) is 0 Å². The highest BCUT2D eigenvalue weighted by Gasteiger charge is 2.33. The fourth-order valence-electron chi connectivity index (χ4n) is 1.72. The smallest absolute Gasteiger partial charge is 0.108 e. The van der Waals surface area contributed by atoms with E-state index < -0.39 is 0 Å². The van der Waals surface area contributed by atoms with Gasteiger partial charge in [-0.1, -0.05) is 0 Å². The third kappa shape index (κ3) is 1.53. The molecule has 1 heterocycles. The highest BCUT2D eigenvalue weighted by molar-refractivity contribution is 5.10. The predicted octanol–water partition coefficient (Wildman–Crippen LogP) is 1.99. The molecule has 0 aromatic carbocycles. The number of furan rings is 1. The normalized spacial score (nSPS) is 19.4. The van der Waals surface area contributed by atoms with Crippen molar-refractivity contribution in [2.24, 2.45) is 5.92 Å². The predicted molar refractivity (Wildman–Crippen MR) is 48.1 cm³/mol. The monoisotopic (exact) mass is 165 g/mol. The second kappa shape index (κ2) is 3.31. The van der Waals surface area contributed by atoms with E-state index in [9.17, 15) is 0 Å². The van der Waals surface area contributed by atoms with Crippen molar-refractivity contribution in [3.63, 3.8) is 0 Å². The maximum atomic E-state index is 5.41. The van der Waals surface area contributed by atoms with E-state index in [4.69, 9.17) is 4.42 Å². The molecule has 1 aliphatic rings. The van der Waals surface area contributed by atoms with Crippen LogP contribution in [0.1, 0.15) is 24.5 Å². The SMILES string of the molecule is CNCC(c1ccco1)C1CC1. The quantitative estimate of drug-likeness (QED) is 0.738. The lowest BCUT2D eigenvalue weighted by Gasteiger charge is -2.11. The summed E-state index contributed by atoms with van der Waals surface area (Å²) in [6, 6.07) is 4.06.